The molecule has 0 aliphatic heterocycles. The van der Waals surface area contributed by atoms with Crippen molar-refractivity contribution < 1.29 is 47.7 Å². The average Bonchev–Trinajstić information content (AvgIpc) is 3.20. The first-order valence-electron chi connectivity index (χ1n) is 18.2. The Morgan fingerprint density at radius 3 is 1.64 bits per heavy atom. The molecule has 0 spiro atoms. The van der Waals surface area contributed by atoms with Gasteiger partial charge in [-0.3, -0.25) is 9.59 Å². The topological polar surface area (TPSA) is 184 Å². The molecule has 286 valence electrons. The summed E-state index contributed by atoms with van der Waals surface area (Å²) in [6, 6.07) is 21.3. The Bertz CT molecular complexity index is 2020. The Labute approximate surface area is 319 Å². The normalized spacial score (nSPS) is 11.6. The van der Waals surface area contributed by atoms with Crippen LogP contribution in [0.1, 0.15) is 104 Å². The van der Waals surface area contributed by atoms with Gasteiger partial charge in [0, 0.05) is 22.9 Å². The van der Waals surface area contributed by atoms with E-state index in [2.05, 4.69) is 6.58 Å². The minimum Gasteiger partial charge on any atom is -0.494 e. The van der Waals surface area contributed by atoms with Crippen LogP contribution in [0.5, 0.6) is 17.2 Å². The van der Waals surface area contributed by atoms with Crippen LogP contribution in [-0.2, 0) is 14.3 Å². The fraction of sp³-hybridized carbons (Fsp3) is 0.279. The van der Waals surface area contributed by atoms with Crippen molar-refractivity contribution in [2.75, 3.05) is 37.9 Å². The Balaban J connectivity index is 0.944. The number of unbranched alkanes of at least 4 members (excludes halogenated alkanes) is 6. The molecule has 12 nitrogen and oxygen atoms in total. The van der Waals surface area contributed by atoms with Crippen LogP contribution in [0.15, 0.2) is 91.5 Å². The third-order valence-corrected chi connectivity index (χ3v) is 8.87. The van der Waals surface area contributed by atoms with E-state index in [0.717, 1.165) is 51.0 Å². The molecule has 0 amide bonds. The third-order valence-electron chi connectivity index (χ3n) is 8.87. The number of hydrogen-bond donors (Lipinski definition) is 2. The number of carbonyl (C=O) groups excluding carboxylic acids is 5. The highest BCUT2D eigenvalue weighted by Gasteiger charge is 2.35. The summed E-state index contributed by atoms with van der Waals surface area (Å²) in [5, 5.41) is 0. The molecule has 0 aromatic heterocycles. The number of rotatable bonds is 20. The van der Waals surface area contributed by atoms with Crippen LogP contribution in [0.4, 0.5) is 11.4 Å². The first-order chi connectivity index (χ1) is 26.7. The molecule has 12 heteroatoms. The van der Waals surface area contributed by atoms with Gasteiger partial charge in [0.1, 0.15) is 17.2 Å². The van der Waals surface area contributed by atoms with E-state index < -0.39 is 29.5 Å². The molecule has 4 N–H and O–H groups in total. The zero-order chi connectivity index (χ0) is 39.2. The second-order valence-electron chi connectivity index (χ2n) is 12.8. The quantitative estimate of drug-likeness (QED) is 0.0266. The zero-order valence-corrected chi connectivity index (χ0v) is 30.5. The fourth-order valence-electron chi connectivity index (χ4n) is 5.94. The lowest BCUT2D eigenvalue weighted by Crippen LogP contribution is -2.25. The summed E-state index contributed by atoms with van der Waals surface area (Å²) in [7, 11) is 0. The van der Waals surface area contributed by atoms with Gasteiger partial charge < -0.3 is 35.2 Å². The van der Waals surface area contributed by atoms with Crippen molar-refractivity contribution in [3.8, 4) is 17.2 Å². The molecule has 5 rings (SSSR count). The molecular formula is C43H44N2O10. The maximum absolute atomic E-state index is 13.2. The van der Waals surface area contributed by atoms with Crippen molar-refractivity contribution in [3.63, 3.8) is 0 Å². The summed E-state index contributed by atoms with van der Waals surface area (Å²) in [6.45, 7) is 4.91. The van der Waals surface area contributed by atoms with Crippen LogP contribution in [0.3, 0.4) is 0 Å². The van der Waals surface area contributed by atoms with Crippen molar-refractivity contribution >= 4 is 40.8 Å². The summed E-state index contributed by atoms with van der Waals surface area (Å²) in [5.41, 5.74) is 13.0. The monoisotopic (exact) mass is 748 g/mol. The number of carbonyl (C=O) groups is 5. The highest BCUT2D eigenvalue weighted by atomic mass is 16.5. The van der Waals surface area contributed by atoms with Crippen LogP contribution < -0.4 is 25.7 Å². The molecule has 4 aromatic rings. The molecule has 0 atom stereocenters. The highest BCUT2D eigenvalue weighted by Crippen LogP contribution is 2.36. The number of nitrogens with two attached hydrogens (primary N) is 2. The molecular weight excluding hydrogens is 704 g/mol. The average molecular weight is 749 g/mol. The minimum absolute atomic E-state index is 0.00380. The molecule has 55 heavy (non-hydrogen) atoms. The molecule has 0 radical (unpaired) electrons. The summed E-state index contributed by atoms with van der Waals surface area (Å²) in [5.74, 6) is -0.802. The molecule has 0 unspecified atom stereocenters. The van der Waals surface area contributed by atoms with Crippen molar-refractivity contribution in [2.24, 2.45) is 0 Å². The van der Waals surface area contributed by atoms with Gasteiger partial charge >= 0.3 is 17.9 Å². The lowest BCUT2D eigenvalue weighted by Gasteiger charge is -2.22. The van der Waals surface area contributed by atoms with Gasteiger partial charge in [0.05, 0.1) is 54.4 Å². The Morgan fingerprint density at radius 1 is 0.582 bits per heavy atom. The molecule has 1 aliphatic rings. The van der Waals surface area contributed by atoms with E-state index in [-0.39, 0.29) is 45.8 Å². The smallest absolute Gasteiger partial charge is 0.343 e. The molecule has 0 fully saturated rings. The number of ether oxygens (including phenoxy) is 5. The molecule has 0 saturated carbocycles. The second-order valence-corrected chi connectivity index (χ2v) is 12.8. The first kappa shape index (κ1) is 39.8. The van der Waals surface area contributed by atoms with Crippen LogP contribution in [-0.4, -0.2) is 55.9 Å². The van der Waals surface area contributed by atoms with Gasteiger partial charge in [0.25, 0.3) is 0 Å². The molecule has 4 aromatic carbocycles. The van der Waals surface area contributed by atoms with E-state index in [1.165, 1.54) is 6.07 Å². The van der Waals surface area contributed by atoms with E-state index in [1.807, 2.05) is 0 Å². The molecule has 0 bridgehead atoms. The summed E-state index contributed by atoms with van der Waals surface area (Å²) in [6.07, 6.45) is 7.66. The maximum atomic E-state index is 13.2. The van der Waals surface area contributed by atoms with E-state index in [1.54, 1.807) is 72.8 Å². The van der Waals surface area contributed by atoms with Crippen molar-refractivity contribution in [1.29, 1.82) is 0 Å². The number of fused-ring (bicyclic) bond motifs is 2. The van der Waals surface area contributed by atoms with Gasteiger partial charge in [-0.25, -0.2) is 14.4 Å². The minimum atomic E-state index is -0.714. The van der Waals surface area contributed by atoms with Gasteiger partial charge in [-0.1, -0.05) is 30.8 Å². The van der Waals surface area contributed by atoms with E-state index >= 15 is 0 Å². The predicted molar refractivity (Wildman–Crippen MR) is 206 cm³/mol. The van der Waals surface area contributed by atoms with Crippen LogP contribution in [0, 0.1) is 0 Å². The first-order valence-corrected chi connectivity index (χ1v) is 18.2. The van der Waals surface area contributed by atoms with Crippen LogP contribution in [0.2, 0.25) is 0 Å². The van der Waals surface area contributed by atoms with Crippen LogP contribution >= 0.6 is 0 Å². The van der Waals surface area contributed by atoms with Gasteiger partial charge in [0.2, 0.25) is 0 Å². The van der Waals surface area contributed by atoms with E-state index in [0.29, 0.717) is 49.1 Å². The lowest BCUT2D eigenvalue weighted by molar-refractivity contribution is -0.137. The number of hydrogen-bond acceptors (Lipinski definition) is 12. The zero-order valence-electron chi connectivity index (χ0n) is 30.5. The van der Waals surface area contributed by atoms with E-state index in [9.17, 15) is 24.0 Å². The fourth-order valence-corrected chi connectivity index (χ4v) is 5.94. The van der Waals surface area contributed by atoms with Gasteiger partial charge in [-0.15, -0.1) is 0 Å². The van der Waals surface area contributed by atoms with Crippen molar-refractivity contribution in [2.45, 2.75) is 51.4 Å². The number of esters is 3. The molecule has 0 heterocycles. The SMILES string of the molecule is C=CC(=O)OCCCCCCOc1ccc(C(=O)Oc2ccc(OCCCCCCOC(=O)c3cc(N)c4c(c3N)C(=O)c3ccccc3C4=O)cc2)cc1. The molecule has 1 aliphatic carbocycles. The number of ketones is 2. The summed E-state index contributed by atoms with van der Waals surface area (Å²) < 4.78 is 27.4. The van der Waals surface area contributed by atoms with Crippen molar-refractivity contribution in [1.82, 2.24) is 0 Å². The molecule has 0 saturated heterocycles. The summed E-state index contributed by atoms with van der Waals surface area (Å²) >= 11 is 0. The third kappa shape index (κ3) is 10.6. The van der Waals surface area contributed by atoms with Gasteiger partial charge in [-0.2, -0.15) is 0 Å². The van der Waals surface area contributed by atoms with Gasteiger partial charge in [-0.05, 0) is 106 Å². The summed E-state index contributed by atoms with van der Waals surface area (Å²) in [4.78, 5) is 62.7. The van der Waals surface area contributed by atoms with Gasteiger partial charge in [0.15, 0.2) is 11.6 Å². The Hall–Kier alpha value is -6.43. The Morgan fingerprint density at radius 2 is 1.07 bits per heavy atom. The van der Waals surface area contributed by atoms with E-state index in [4.69, 9.17) is 35.2 Å². The highest BCUT2D eigenvalue weighted by molar-refractivity contribution is 6.32. The predicted octanol–water partition coefficient (Wildman–Crippen LogP) is 7.31. The second kappa shape index (κ2) is 19.6. The largest absolute Gasteiger partial charge is 0.494 e. The number of anilines is 2. The van der Waals surface area contributed by atoms with Crippen LogP contribution in [0.25, 0.3) is 0 Å². The number of nitrogen functional groups attached to an aromatic ring is 2. The maximum Gasteiger partial charge on any atom is 0.343 e. The van der Waals surface area contributed by atoms with Crippen molar-refractivity contribution in [3.05, 3.63) is 125 Å². The lowest BCUT2D eigenvalue weighted by atomic mass is 9.81. The standard InChI is InChI=1S/C43H44N2O10/c1-2-36(46)53-25-11-5-3-9-23-51-29-17-15-28(16-18-29)42(49)55-31-21-19-30(20-22-31)52-24-10-4-6-12-26-54-43(50)34-27-35(44)37-38(39(34)45)41(48)33-14-8-7-13-32(33)40(37)47/h2,7-8,13-22,27H,1,3-6,9-12,23-26,44-45H2. The Kier molecular flexibility index (Phi) is 14.2. The number of benzene rings is 4.